The van der Waals surface area contributed by atoms with E-state index in [9.17, 15) is 0 Å². The smallest absolute Gasteiger partial charge is 0.0222 e. The van der Waals surface area contributed by atoms with Crippen LogP contribution in [0.5, 0.6) is 0 Å². The second kappa shape index (κ2) is 1.75. The summed E-state index contributed by atoms with van der Waals surface area (Å²) in [5.74, 6) is 0. The molecule has 0 nitrogen and oxygen atoms in total. The Hall–Kier alpha value is -0.520. The van der Waals surface area contributed by atoms with E-state index in [-0.39, 0.29) is 0 Å². The first-order valence-electron chi connectivity index (χ1n) is 4.07. The Bertz CT molecular complexity index is 214. The second-order valence-corrected chi connectivity index (χ2v) is 4.03. The van der Waals surface area contributed by atoms with Gasteiger partial charge in [-0.1, -0.05) is 19.1 Å². The van der Waals surface area contributed by atoms with E-state index in [2.05, 4.69) is 26.0 Å². The molecule has 2 aliphatic carbocycles. The Labute approximate surface area is 62.6 Å². The molecule has 0 heteroatoms. The predicted molar refractivity (Wildman–Crippen MR) is 43.8 cm³/mol. The zero-order valence-electron chi connectivity index (χ0n) is 6.78. The third kappa shape index (κ3) is 0.920. The van der Waals surface area contributed by atoms with Gasteiger partial charge in [0.15, 0.2) is 0 Å². The van der Waals surface area contributed by atoms with Gasteiger partial charge in [-0.2, -0.15) is 0 Å². The normalized spacial score (nSPS) is 26.6. The first-order chi connectivity index (χ1) is 4.70. The van der Waals surface area contributed by atoms with Crippen LogP contribution in [0.1, 0.15) is 33.1 Å². The highest BCUT2D eigenvalue weighted by atomic mass is 14.4. The molecule has 0 atom stereocenters. The van der Waals surface area contributed by atoms with Gasteiger partial charge in [-0.05, 0) is 42.7 Å². The van der Waals surface area contributed by atoms with Gasteiger partial charge in [0.2, 0.25) is 0 Å². The fraction of sp³-hybridized carbons (Fsp3) is 0.600. The quantitative estimate of drug-likeness (QED) is 0.544. The van der Waals surface area contributed by atoms with Crippen molar-refractivity contribution in [2.75, 3.05) is 0 Å². The van der Waals surface area contributed by atoms with Crippen molar-refractivity contribution in [2.24, 2.45) is 5.41 Å². The zero-order valence-corrected chi connectivity index (χ0v) is 6.78. The van der Waals surface area contributed by atoms with Crippen molar-refractivity contribution in [3.05, 3.63) is 23.3 Å². The third-order valence-electron chi connectivity index (χ3n) is 2.76. The molecule has 0 unspecified atom stereocenters. The van der Waals surface area contributed by atoms with Crippen LogP contribution in [0, 0.1) is 5.41 Å². The van der Waals surface area contributed by atoms with Crippen LogP contribution < -0.4 is 0 Å². The molecule has 54 valence electrons. The standard InChI is InChI=1S/C10H14/c1-8-3-4-9(8)7-10(2)5-6-10/h3-4H,5-7H2,1-2H3. The van der Waals surface area contributed by atoms with E-state index < -0.39 is 0 Å². The molecule has 0 heterocycles. The monoisotopic (exact) mass is 134 g/mol. The number of hydrogen-bond acceptors (Lipinski definition) is 0. The molecule has 10 heavy (non-hydrogen) atoms. The van der Waals surface area contributed by atoms with Crippen molar-refractivity contribution >= 4 is 0 Å². The topological polar surface area (TPSA) is 0 Å². The summed E-state index contributed by atoms with van der Waals surface area (Å²) in [7, 11) is 0. The summed E-state index contributed by atoms with van der Waals surface area (Å²) in [5.41, 5.74) is 3.80. The molecule has 2 aliphatic rings. The Kier molecular flexibility index (Phi) is 1.08. The van der Waals surface area contributed by atoms with Gasteiger partial charge in [-0.15, -0.1) is 0 Å². The minimum absolute atomic E-state index is 0.696. The van der Waals surface area contributed by atoms with Crippen LogP contribution in [0.4, 0.5) is 0 Å². The lowest BCUT2D eigenvalue weighted by molar-refractivity contribution is 0.568. The average Bonchev–Trinajstić information content (AvgIpc) is 2.61. The van der Waals surface area contributed by atoms with Gasteiger partial charge < -0.3 is 0 Å². The average molecular weight is 134 g/mol. The maximum Gasteiger partial charge on any atom is -0.0222 e. The van der Waals surface area contributed by atoms with Gasteiger partial charge >= 0.3 is 0 Å². The lowest BCUT2D eigenvalue weighted by Crippen LogP contribution is -2.00. The highest BCUT2D eigenvalue weighted by molar-refractivity contribution is 5.44. The lowest BCUT2D eigenvalue weighted by atomic mass is 9.89. The molecular formula is C10H14. The third-order valence-corrected chi connectivity index (χ3v) is 2.76. The second-order valence-electron chi connectivity index (χ2n) is 4.03. The molecule has 2 rings (SSSR count). The van der Waals surface area contributed by atoms with E-state index in [1.54, 1.807) is 5.57 Å². The zero-order chi connectivity index (χ0) is 7.19. The van der Waals surface area contributed by atoms with Crippen molar-refractivity contribution in [3.8, 4) is 0 Å². The molecule has 0 aromatic rings. The molecule has 0 bridgehead atoms. The van der Waals surface area contributed by atoms with E-state index >= 15 is 0 Å². The molecule has 0 spiro atoms. The fourth-order valence-corrected chi connectivity index (χ4v) is 1.42. The summed E-state index contributed by atoms with van der Waals surface area (Å²) in [5, 5.41) is 0. The molecule has 0 aromatic heterocycles. The van der Waals surface area contributed by atoms with Gasteiger partial charge in [0.1, 0.15) is 0 Å². The van der Waals surface area contributed by atoms with Crippen LogP contribution in [0.2, 0.25) is 0 Å². The van der Waals surface area contributed by atoms with Crippen LogP contribution in [0.15, 0.2) is 23.3 Å². The molecule has 0 aliphatic heterocycles. The minimum Gasteiger partial charge on any atom is -0.0593 e. The van der Waals surface area contributed by atoms with Gasteiger partial charge in [0, 0.05) is 0 Å². The number of allylic oxidation sites excluding steroid dienone is 4. The van der Waals surface area contributed by atoms with Crippen LogP contribution in [-0.2, 0) is 0 Å². The fourth-order valence-electron chi connectivity index (χ4n) is 1.42. The van der Waals surface area contributed by atoms with E-state index in [0.29, 0.717) is 5.41 Å². The largest absolute Gasteiger partial charge is 0.0593 e. The Morgan fingerprint density at radius 2 is 2.10 bits per heavy atom. The molecular weight excluding hydrogens is 120 g/mol. The minimum atomic E-state index is 0.696. The highest BCUT2D eigenvalue weighted by Gasteiger charge is 2.37. The molecule has 0 amide bonds. The molecule has 1 saturated carbocycles. The first-order valence-corrected chi connectivity index (χ1v) is 4.07. The highest BCUT2D eigenvalue weighted by Crippen LogP contribution is 2.51. The lowest BCUT2D eigenvalue weighted by Gasteiger charge is -2.16. The van der Waals surface area contributed by atoms with Crippen LogP contribution in [0.25, 0.3) is 0 Å². The Morgan fingerprint density at radius 1 is 1.40 bits per heavy atom. The van der Waals surface area contributed by atoms with Crippen LogP contribution in [-0.4, -0.2) is 0 Å². The number of hydrogen-bond donors (Lipinski definition) is 0. The molecule has 0 aromatic carbocycles. The SMILES string of the molecule is CC1=C(CC2(C)CC2)C=C1. The number of rotatable bonds is 2. The van der Waals surface area contributed by atoms with E-state index in [0.717, 1.165) is 0 Å². The summed E-state index contributed by atoms with van der Waals surface area (Å²) >= 11 is 0. The van der Waals surface area contributed by atoms with Gasteiger partial charge in [0.05, 0.1) is 0 Å². The molecule has 1 fully saturated rings. The van der Waals surface area contributed by atoms with E-state index in [1.165, 1.54) is 24.8 Å². The summed E-state index contributed by atoms with van der Waals surface area (Å²) < 4.78 is 0. The summed E-state index contributed by atoms with van der Waals surface area (Å²) in [6.07, 6.45) is 8.69. The van der Waals surface area contributed by atoms with Gasteiger partial charge in [0.25, 0.3) is 0 Å². The summed E-state index contributed by atoms with van der Waals surface area (Å²) in [4.78, 5) is 0. The van der Waals surface area contributed by atoms with Crippen molar-refractivity contribution in [1.29, 1.82) is 0 Å². The molecule has 0 radical (unpaired) electrons. The van der Waals surface area contributed by atoms with Crippen molar-refractivity contribution in [1.82, 2.24) is 0 Å². The predicted octanol–water partition coefficient (Wildman–Crippen LogP) is 3.06. The van der Waals surface area contributed by atoms with Crippen molar-refractivity contribution in [2.45, 2.75) is 33.1 Å². The van der Waals surface area contributed by atoms with Crippen molar-refractivity contribution in [3.63, 3.8) is 0 Å². The maximum atomic E-state index is 2.39. The Balaban J connectivity index is 1.97. The van der Waals surface area contributed by atoms with E-state index in [4.69, 9.17) is 0 Å². The molecule has 0 saturated heterocycles. The van der Waals surface area contributed by atoms with Gasteiger partial charge in [-0.3, -0.25) is 0 Å². The summed E-state index contributed by atoms with van der Waals surface area (Å²) in [6.45, 7) is 4.60. The van der Waals surface area contributed by atoms with Crippen LogP contribution >= 0.6 is 0 Å². The van der Waals surface area contributed by atoms with Crippen LogP contribution in [0.3, 0.4) is 0 Å². The Morgan fingerprint density at radius 3 is 2.40 bits per heavy atom. The maximum absolute atomic E-state index is 2.39. The van der Waals surface area contributed by atoms with E-state index in [1.807, 2.05) is 0 Å². The summed E-state index contributed by atoms with van der Waals surface area (Å²) in [6, 6.07) is 0. The van der Waals surface area contributed by atoms with Gasteiger partial charge in [-0.25, -0.2) is 0 Å². The van der Waals surface area contributed by atoms with Crippen molar-refractivity contribution < 1.29 is 0 Å². The molecule has 0 N–H and O–H groups in total. The first kappa shape index (κ1) is 6.21.